The predicted octanol–water partition coefficient (Wildman–Crippen LogP) is 2.30. The van der Waals surface area contributed by atoms with Gasteiger partial charge in [-0.05, 0) is 23.6 Å². The number of hydrogen-bond donors (Lipinski definition) is 2. The van der Waals surface area contributed by atoms with Gasteiger partial charge in [-0.25, -0.2) is 13.4 Å². The van der Waals surface area contributed by atoms with Crippen LogP contribution in [0.3, 0.4) is 0 Å². The molecule has 2 aromatic carbocycles. The highest BCUT2D eigenvalue weighted by Crippen LogP contribution is 2.34. The molecule has 0 spiro atoms. The molecule has 7 nitrogen and oxygen atoms in total. The summed E-state index contributed by atoms with van der Waals surface area (Å²) in [6.45, 7) is 1.25. The Bertz CT molecular complexity index is 1070. The van der Waals surface area contributed by atoms with Crippen molar-refractivity contribution in [2.45, 2.75) is 25.0 Å². The standard InChI is InChI=1S/C22H27N5O2S/c1-30(28,29)27-14-18-9-5-6-10-21(18)26(22(12-23)20-13-24-16-25-20)15-19(27)11-17-7-3-2-4-8-17/h2-10,13,16,19,22H,11-12,14-15,23H2,1H3,(H,24,25). The molecule has 0 saturated heterocycles. The van der Waals surface area contributed by atoms with Gasteiger partial charge in [0.1, 0.15) is 0 Å². The lowest BCUT2D eigenvalue weighted by Crippen LogP contribution is -2.47. The van der Waals surface area contributed by atoms with Crippen LogP contribution in [0.15, 0.2) is 67.1 Å². The Morgan fingerprint density at radius 3 is 2.57 bits per heavy atom. The van der Waals surface area contributed by atoms with E-state index in [0.29, 0.717) is 26.1 Å². The number of rotatable bonds is 6. The molecule has 158 valence electrons. The van der Waals surface area contributed by atoms with Crippen molar-refractivity contribution in [1.29, 1.82) is 0 Å². The van der Waals surface area contributed by atoms with Crippen LogP contribution in [0.1, 0.15) is 22.9 Å². The molecule has 2 atom stereocenters. The van der Waals surface area contributed by atoms with Gasteiger partial charge < -0.3 is 15.6 Å². The zero-order valence-corrected chi connectivity index (χ0v) is 17.8. The van der Waals surface area contributed by atoms with Gasteiger partial charge in [-0.3, -0.25) is 0 Å². The van der Waals surface area contributed by atoms with Gasteiger partial charge in [0.15, 0.2) is 0 Å². The number of hydrogen-bond acceptors (Lipinski definition) is 5. The smallest absolute Gasteiger partial charge is 0.211 e. The normalized spacial score (nSPS) is 18.6. The molecular formula is C22H27N5O2S. The zero-order valence-electron chi connectivity index (χ0n) is 17.0. The van der Waals surface area contributed by atoms with Crippen molar-refractivity contribution in [1.82, 2.24) is 14.3 Å². The predicted molar refractivity (Wildman–Crippen MR) is 118 cm³/mol. The van der Waals surface area contributed by atoms with E-state index in [1.165, 1.54) is 6.26 Å². The van der Waals surface area contributed by atoms with Crippen molar-refractivity contribution < 1.29 is 8.42 Å². The maximum atomic E-state index is 12.8. The minimum absolute atomic E-state index is 0.133. The molecule has 1 aliphatic rings. The molecule has 3 aromatic rings. The molecule has 0 radical (unpaired) electrons. The van der Waals surface area contributed by atoms with E-state index in [2.05, 4.69) is 14.9 Å². The van der Waals surface area contributed by atoms with E-state index in [-0.39, 0.29) is 12.1 Å². The number of anilines is 1. The summed E-state index contributed by atoms with van der Waals surface area (Å²) in [5.41, 5.74) is 10.2. The van der Waals surface area contributed by atoms with Crippen molar-refractivity contribution in [2.24, 2.45) is 5.73 Å². The van der Waals surface area contributed by atoms with Gasteiger partial charge in [0, 0.05) is 31.4 Å². The fourth-order valence-electron chi connectivity index (χ4n) is 4.24. The van der Waals surface area contributed by atoms with Gasteiger partial charge in [-0.2, -0.15) is 4.31 Å². The molecule has 8 heteroatoms. The molecule has 2 heterocycles. The summed E-state index contributed by atoms with van der Waals surface area (Å²) in [7, 11) is -3.42. The summed E-state index contributed by atoms with van der Waals surface area (Å²) in [6, 6.07) is 17.6. The number of aromatic amines is 1. The minimum Gasteiger partial charge on any atom is -0.360 e. The van der Waals surface area contributed by atoms with E-state index in [4.69, 9.17) is 5.73 Å². The van der Waals surface area contributed by atoms with Crippen molar-refractivity contribution in [2.75, 3.05) is 24.2 Å². The number of nitrogens with zero attached hydrogens (tertiary/aromatic N) is 3. The quantitative estimate of drug-likeness (QED) is 0.632. The van der Waals surface area contributed by atoms with E-state index >= 15 is 0 Å². The zero-order chi connectivity index (χ0) is 21.1. The summed E-state index contributed by atoms with van der Waals surface area (Å²) < 4.78 is 27.2. The average molecular weight is 426 g/mol. The second-order valence-electron chi connectivity index (χ2n) is 7.69. The Labute approximate surface area is 177 Å². The fraction of sp³-hybridized carbons (Fsp3) is 0.318. The highest BCUT2D eigenvalue weighted by molar-refractivity contribution is 7.88. The number of H-pyrrole nitrogens is 1. The Balaban J connectivity index is 1.79. The number of para-hydroxylation sites is 1. The number of benzene rings is 2. The van der Waals surface area contributed by atoms with Crippen LogP contribution < -0.4 is 10.6 Å². The van der Waals surface area contributed by atoms with Crippen LogP contribution in [-0.2, 0) is 23.0 Å². The summed E-state index contributed by atoms with van der Waals surface area (Å²) >= 11 is 0. The molecule has 0 aliphatic carbocycles. The Kier molecular flexibility index (Phi) is 5.90. The second-order valence-corrected chi connectivity index (χ2v) is 9.63. The first kappa shape index (κ1) is 20.6. The van der Waals surface area contributed by atoms with Gasteiger partial charge in [-0.1, -0.05) is 48.5 Å². The molecule has 0 fully saturated rings. The highest BCUT2D eigenvalue weighted by atomic mass is 32.2. The molecule has 0 amide bonds. The molecule has 3 N–H and O–H groups in total. The van der Waals surface area contributed by atoms with E-state index in [1.807, 2.05) is 54.6 Å². The molecule has 2 unspecified atom stereocenters. The largest absolute Gasteiger partial charge is 0.360 e. The SMILES string of the molecule is CS(=O)(=O)N1Cc2ccccc2N(C(CN)c2cnc[nH]2)CC1Cc1ccccc1. The molecule has 0 bridgehead atoms. The van der Waals surface area contributed by atoms with Crippen molar-refractivity contribution in [3.8, 4) is 0 Å². The third kappa shape index (κ3) is 4.26. The third-order valence-corrected chi connectivity index (χ3v) is 6.94. The van der Waals surface area contributed by atoms with Crippen molar-refractivity contribution >= 4 is 15.7 Å². The molecule has 4 rings (SSSR count). The van der Waals surface area contributed by atoms with Gasteiger partial charge in [0.25, 0.3) is 0 Å². The van der Waals surface area contributed by atoms with Crippen LogP contribution in [0.5, 0.6) is 0 Å². The second kappa shape index (κ2) is 8.59. The van der Waals surface area contributed by atoms with E-state index in [0.717, 1.165) is 22.5 Å². The number of sulfonamides is 1. The van der Waals surface area contributed by atoms with Crippen LogP contribution in [0.4, 0.5) is 5.69 Å². The van der Waals surface area contributed by atoms with Crippen LogP contribution in [-0.4, -0.2) is 48.1 Å². The topological polar surface area (TPSA) is 95.3 Å². The number of imidazole rings is 1. The maximum Gasteiger partial charge on any atom is 0.211 e. The monoisotopic (exact) mass is 425 g/mol. The summed E-state index contributed by atoms with van der Waals surface area (Å²) in [5.74, 6) is 0. The van der Waals surface area contributed by atoms with E-state index in [1.54, 1.807) is 16.8 Å². The van der Waals surface area contributed by atoms with Crippen molar-refractivity contribution in [3.05, 3.63) is 83.9 Å². The number of aromatic nitrogens is 2. The molecular weight excluding hydrogens is 398 g/mol. The van der Waals surface area contributed by atoms with Crippen LogP contribution in [0.2, 0.25) is 0 Å². The van der Waals surface area contributed by atoms with Crippen LogP contribution >= 0.6 is 0 Å². The first-order chi connectivity index (χ1) is 14.5. The van der Waals surface area contributed by atoms with Gasteiger partial charge in [0.05, 0.1) is 30.5 Å². The molecule has 0 saturated carbocycles. The first-order valence-corrected chi connectivity index (χ1v) is 11.9. The van der Waals surface area contributed by atoms with Crippen molar-refractivity contribution in [3.63, 3.8) is 0 Å². The van der Waals surface area contributed by atoms with E-state index in [9.17, 15) is 8.42 Å². The van der Waals surface area contributed by atoms with Crippen LogP contribution in [0, 0.1) is 0 Å². The number of nitrogens with one attached hydrogen (secondary N) is 1. The summed E-state index contributed by atoms with van der Waals surface area (Å²) in [4.78, 5) is 9.56. The fourth-order valence-corrected chi connectivity index (χ4v) is 5.30. The van der Waals surface area contributed by atoms with Gasteiger partial charge in [-0.15, -0.1) is 0 Å². The molecule has 1 aromatic heterocycles. The third-order valence-electron chi connectivity index (χ3n) is 5.66. The van der Waals surface area contributed by atoms with Gasteiger partial charge in [0.2, 0.25) is 10.0 Å². The lowest BCUT2D eigenvalue weighted by molar-refractivity contribution is 0.316. The Hall–Kier alpha value is -2.68. The Morgan fingerprint density at radius 1 is 1.17 bits per heavy atom. The summed E-state index contributed by atoms with van der Waals surface area (Å²) in [6.07, 6.45) is 5.34. The highest BCUT2D eigenvalue weighted by Gasteiger charge is 2.35. The molecule has 30 heavy (non-hydrogen) atoms. The average Bonchev–Trinajstić information content (AvgIpc) is 3.20. The minimum atomic E-state index is -3.42. The number of fused-ring (bicyclic) bond motifs is 1. The molecule has 1 aliphatic heterocycles. The van der Waals surface area contributed by atoms with E-state index < -0.39 is 10.0 Å². The Morgan fingerprint density at radius 2 is 1.90 bits per heavy atom. The van der Waals surface area contributed by atoms with Gasteiger partial charge >= 0.3 is 0 Å². The number of nitrogens with two attached hydrogens (primary N) is 1. The first-order valence-electron chi connectivity index (χ1n) is 10.0. The maximum absolute atomic E-state index is 12.8. The van der Waals surface area contributed by atoms with Crippen LogP contribution in [0.25, 0.3) is 0 Å². The summed E-state index contributed by atoms with van der Waals surface area (Å²) in [5, 5.41) is 0. The lowest BCUT2D eigenvalue weighted by atomic mass is 10.0. The lowest BCUT2D eigenvalue weighted by Gasteiger charge is -2.35.